The van der Waals surface area contributed by atoms with E-state index in [1.165, 1.54) is 5.56 Å². The number of amides is 1. The van der Waals surface area contributed by atoms with Gasteiger partial charge in [-0.3, -0.25) is 4.79 Å². The van der Waals surface area contributed by atoms with Gasteiger partial charge >= 0.3 is 0 Å². The standard InChI is InChI=1S/C20H21ClN2O/c1-13-5-4-6-14(9-13)19(24)23-12-20(2,3)17-11-22-18-10-15(21)7-8-16(17)18/h4-11,22H,12H2,1-3H3,(H,23,24). The summed E-state index contributed by atoms with van der Waals surface area (Å²) < 4.78 is 0. The molecule has 0 aliphatic heterocycles. The Morgan fingerprint density at radius 2 is 2.00 bits per heavy atom. The summed E-state index contributed by atoms with van der Waals surface area (Å²) in [4.78, 5) is 15.6. The number of nitrogens with one attached hydrogen (secondary N) is 2. The lowest BCUT2D eigenvalue weighted by atomic mass is 9.84. The Kier molecular flexibility index (Phi) is 4.37. The van der Waals surface area contributed by atoms with Gasteiger partial charge in [0.25, 0.3) is 5.91 Å². The van der Waals surface area contributed by atoms with Crippen LogP contribution in [0.5, 0.6) is 0 Å². The molecule has 4 heteroatoms. The second-order valence-corrected chi connectivity index (χ2v) is 7.26. The Balaban J connectivity index is 1.79. The van der Waals surface area contributed by atoms with E-state index in [1.807, 2.05) is 55.6 Å². The topological polar surface area (TPSA) is 44.9 Å². The van der Waals surface area contributed by atoms with Crippen LogP contribution in [0.1, 0.15) is 35.3 Å². The van der Waals surface area contributed by atoms with Crippen LogP contribution in [0, 0.1) is 6.92 Å². The van der Waals surface area contributed by atoms with Crippen molar-refractivity contribution in [2.24, 2.45) is 0 Å². The van der Waals surface area contributed by atoms with E-state index in [0.29, 0.717) is 17.1 Å². The Hall–Kier alpha value is -2.26. The van der Waals surface area contributed by atoms with Crippen LogP contribution in [0.3, 0.4) is 0 Å². The van der Waals surface area contributed by atoms with Gasteiger partial charge < -0.3 is 10.3 Å². The van der Waals surface area contributed by atoms with E-state index in [1.54, 1.807) is 0 Å². The van der Waals surface area contributed by atoms with Gasteiger partial charge in [0.2, 0.25) is 0 Å². The minimum Gasteiger partial charge on any atom is -0.361 e. The van der Waals surface area contributed by atoms with E-state index in [4.69, 9.17) is 11.6 Å². The average Bonchev–Trinajstić information content (AvgIpc) is 2.96. The largest absolute Gasteiger partial charge is 0.361 e. The van der Waals surface area contributed by atoms with Crippen molar-refractivity contribution < 1.29 is 4.79 Å². The molecule has 0 aliphatic rings. The van der Waals surface area contributed by atoms with E-state index in [9.17, 15) is 4.79 Å². The van der Waals surface area contributed by atoms with Crippen molar-refractivity contribution in [3.63, 3.8) is 0 Å². The average molecular weight is 341 g/mol. The highest BCUT2D eigenvalue weighted by Crippen LogP contribution is 2.31. The van der Waals surface area contributed by atoms with Gasteiger partial charge in [0.1, 0.15) is 0 Å². The van der Waals surface area contributed by atoms with Crippen molar-refractivity contribution in [1.29, 1.82) is 0 Å². The molecule has 1 heterocycles. The Morgan fingerprint density at radius 1 is 1.21 bits per heavy atom. The second-order valence-electron chi connectivity index (χ2n) is 6.83. The molecule has 3 nitrogen and oxygen atoms in total. The van der Waals surface area contributed by atoms with E-state index < -0.39 is 0 Å². The lowest BCUT2D eigenvalue weighted by Gasteiger charge is -2.25. The number of benzene rings is 2. The first-order valence-electron chi connectivity index (χ1n) is 7.99. The van der Waals surface area contributed by atoms with Crippen molar-refractivity contribution >= 4 is 28.4 Å². The minimum atomic E-state index is -0.203. The number of H-pyrrole nitrogens is 1. The summed E-state index contributed by atoms with van der Waals surface area (Å²) >= 11 is 6.05. The molecule has 0 spiro atoms. The number of aryl methyl sites for hydroxylation is 1. The first-order chi connectivity index (χ1) is 11.4. The molecule has 0 unspecified atom stereocenters. The summed E-state index contributed by atoms with van der Waals surface area (Å²) in [6.45, 7) is 6.79. The fourth-order valence-electron chi connectivity index (χ4n) is 2.94. The molecule has 0 saturated carbocycles. The smallest absolute Gasteiger partial charge is 0.251 e. The van der Waals surface area contributed by atoms with Gasteiger partial charge in [-0.2, -0.15) is 0 Å². The number of hydrogen-bond donors (Lipinski definition) is 2. The van der Waals surface area contributed by atoms with Crippen LogP contribution >= 0.6 is 11.6 Å². The van der Waals surface area contributed by atoms with Gasteiger partial charge in [0.15, 0.2) is 0 Å². The van der Waals surface area contributed by atoms with Crippen LogP contribution in [0.4, 0.5) is 0 Å². The molecule has 1 aromatic heterocycles. The lowest BCUT2D eigenvalue weighted by Crippen LogP contribution is -2.36. The van der Waals surface area contributed by atoms with E-state index in [0.717, 1.165) is 16.5 Å². The van der Waals surface area contributed by atoms with Crippen molar-refractivity contribution in [3.8, 4) is 0 Å². The van der Waals surface area contributed by atoms with Crippen molar-refractivity contribution in [2.45, 2.75) is 26.2 Å². The van der Waals surface area contributed by atoms with Gasteiger partial charge in [-0.25, -0.2) is 0 Å². The molecule has 0 atom stereocenters. The first kappa shape index (κ1) is 16.6. The van der Waals surface area contributed by atoms with Gasteiger partial charge in [-0.1, -0.05) is 49.2 Å². The van der Waals surface area contributed by atoms with Gasteiger partial charge in [-0.15, -0.1) is 0 Å². The fraction of sp³-hybridized carbons (Fsp3) is 0.250. The number of carbonyl (C=O) groups is 1. The van der Waals surface area contributed by atoms with Crippen LogP contribution in [0.15, 0.2) is 48.7 Å². The molecule has 2 N–H and O–H groups in total. The summed E-state index contributed by atoms with van der Waals surface area (Å²) in [6, 6.07) is 13.5. The monoisotopic (exact) mass is 340 g/mol. The first-order valence-corrected chi connectivity index (χ1v) is 8.36. The number of hydrogen-bond acceptors (Lipinski definition) is 1. The molecule has 3 aromatic rings. The molecule has 0 radical (unpaired) electrons. The Bertz CT molecular complexity index is 896. The number of halogens is 1. The molecular formula is C20H21ClN2O. The van der Waals surface area contributed by atoms with Crippen molar-refractivity contribution in [2.75, 3.05) is 6.54 Å². The highest BCUT2D eigenvalue weighted by atomic mass is 35.5. The zero-order chi connectivity index (χ0) is 17.3. The summed E-state index contributed by atoms with van der Waals surface area (Å²) in [5, 5.41) is 4.90. The predicted molar refractivity (Wildman–Crippen MR) is 99.8 cm³/mol. The van der Waals surface area contributed by atoms with Crippen LogP contribution in [-0.2, 0) is 5.41 Å². The third kappa shape index (κ3) is 3.31. The lowest BCUT2D eigenvalue weighted by molar-refractivity contribution is 0.0945. The molecule has 1 amide bonds. The van der Waals surface area contributed by atoms with Gasteiger partial charge in [0.05, 0.1) is 0 Å². The second kappa shape index (κ2) is 6.33. The van der Waals surface area contributed by atoms with Gasteiger partial charge in [0, 0.05) is 39.6 Å². The van der Waals surface area contributed by atoms with Crippen molar-refractivity contribution in [3.05, 3.63) is 70.4 Å². The Labute approximate surface area is 147 Å². The minimum absolute atomic E-state index is 0.0466. The molecule has 0 fully saturated rings. The summed E-state index contributed by atoms with van der Waals surface area (Å²) in [5.41, 5.74) is 3.74. The third-order valence-electron chi connectivity index (χ3n) is 4.34. The fourth-order valence-corrected chi connectivity index (χ4v) is 3.12. The number of aromatic amines is 1. The molecule has 124 valence electrons. The molecule has 0 saturated heterocycles. The maximum absolute atomic E-state index is 12.4. The van der Waals surface area contributed by atoms with Crippen molar-refractivity contribution in [1.82, 2.24) is 10.3 Å². The van der Waals surface area contributed by atoms with Crippen LogP contribution in [0.25, 0.3) is 10.9 Å². The van der Waals surface area contributed by atoms with Gasteiger partial charge in [-0.05, 0) is 36.8 Å². The maximum atomic E-state index is 12.4. The summed E-state index contributed by atoms with van der Waals surface area (Å²) in [7, 11) is 0. The van der Waals surface area contributed by atoms with Crippen LogP contribution in [-0.4, -0.2) is 17.4 Å². The zero-order valence-electron chi connectivity index (χ0n) is 14.1. The van der Waals surface area contributed by atoms with E-state index in [-0.39, 0.29) is 11.3 Å². The molecule has 0 bridgehead atoms. The summed E-state index contributed by atoms with van der Waals surface area (Å²) in [6.07, 6.45) is 2.00. The molecule has 0 aliphatic carbocycles. The number of aromatic nitrogens is 1. The molecule has 3 rings (SSSR count). The highest BCUT2D eigenvalue weighted by Gasteiger charge is 2.25. The third-order valence-corrected chi connectivity index (χ3v) is 4.58. The normalized spacial score (nSPS) is 11.7. The number of fused-ring (bicyclic) bond motifs is 1. The summed E-state index contributed by atoms with van der Waals surface area (Å²) in [5.74, 6) is -0.0466. The van der Waals surface area contributed by atoms with Crippen LogP contribution < -0.4 is 5.32 Å². The van der Waals surface area contributed by atoms with E-state index in [2.05, 4.69) is 24.1 Å². The molecular weight excluding hydrogens is 320 g/mol. The quantitative estimate of drug-likeness (QED) is 0.701. The predicted octanol–water partition coefficient (Wildman–Crippen LogP) is 4.84. The Morgan fingerprint density at radius 3 is 2.75 bits per heavy atom. The number of rotatable bonds is 4. The number of carbonyl (C=O) groups excluding carboxylic acids is 1. The zero-order valence-corrected chi connectivity index (χ0v) is 14.9. The molecule has 2 aromatic carbocycles. The van der Waals surface area contributed by atoms with Crippen LogP contribution in [0.2, 0.25) is 5.02 Å². The van der Waals surface area contributed by atoms with E-state index >= 15 is 0 Å². The SMILES string of the molecule is Cc1cccc(C(=O)NCC(C)(C)c2c[nH]c3cc(Cl)ccc23)c1. The highest BCUT2D eigenvalue weighted by molar-refractivity contribution is 6.31. The maximum Gasteiger partial charge on any atom is 0.251 e. The molecule has 24 heavy (non-hydrogen) atoms.